The summed E-state index contributed by atoms with van der Waals surface area (Å²) < 4.78 is 1.95. The van der Waals surface area contributed by atoms with E-state index in [0.29, 0.717) is 6.42 Å². The Morgan fingerprint density at radius 2 is 1.43 bits per heavy atom. The van der Waals surface area contributed by atoms with Crippen LogP contribution in [0, 0.1) is 5.41 Å². The van der Waals surface area contributed by atoms with E-state index in [0.717, 1.165) is 34.2 Å². The molecule has 3 rings (SSSR count). The third-order valence-corrected chi connectivity index (χ3v) is 7.49. The number of aryl methyl sites for hydroxylation is 1. The average molecular weight is 432 g/mol. The fourth-order valence-corrected chi connectivity index (χ4v) is 5.67. The van der Waals surface area contributed by atoms with Crippen LogP contribution in [-0.2, 0) is 12.8 Å². The number of fused-ring (bicyclic) bond motifs is 3. The van der Waals surface area contributed by atoms with Gasteiger partial charge in [-0.25, -0.2) is 9.50 Å². The molecule has 0 aliphatic heterocycles. The molecule has 0 radical (unpaired) electrons. The zero-order valence-electron chi connectivity index (χ0n) is 19.5. The zero-order valence-corrected chi connectivity index (χ0v) is 20.3. The number of aromatic nitrogens is 3. The van der Waals surface area contributed by atoms with Gasteiger partial charge in [0.2, 0.25) is 4.96 Å². The molecule has 0 bridgehead atoms. The van der Waals surface area contributed by atoms with Crippen molar-refractivity contribution >= 4 is 22.1 Å². The summed E-state index contributed by atoms with van der Waals surface area (Å²) in [5, 5.41) is 4.74. The maximum Gasteiger partial charge on any atom is 0.213 e. The second-order valence-electron chi connectivity index (χ2n) is 10.0. The lowest BCUT2D eigenvalue weighted by Gasteiger charge is -2.27. The summed E-state index contributed by atoms with van der Waals surface area (Å²) in [4.78, 5) is 18.9. The standard InChI is InChI=1S/C25H41N3OS/c1-4-5-6-7-8-9-10-11-12-13-14-15-16-17-22-26-24-28(27-22)20-18-25(2,3)19-21(29)23(20)30-24/h4-19H2,1-3H3. The first kappa shape index (κ1) is 23.4. The largest absolute Gasteiger partial charge is 0.293 e. The molecule has 0 aromatic carbocycles. The van der Waals surface area contributed by atoms with Gasteiger partial charge in [-0.15, -0.1) is 0 Å². The fourth-order valence-electron chi connectivity index (χ4n) is 4.64. The van der Waals surface area contributed by atoms with Crippen LogP contribution in [0.4, 0.5) is 0 Å². The number of nitrogens with zero attached hydrogens (tertiary/aromatic N) is 3. The molecular weight excluding hydrogens is 390 g/mol. The minimum atomic E-state index is 0.0270. The number of carbonyl (C=O) groups excluding carboxylic acids is 1. The normalized spacial score (nSPS) is 15.8. The molecular formula is C25H41N3OS. The summed E-state index contributed by atoms with van der Waals surface area (Å²) in [5.74, 6) is 1.21. The van der Waals surface area contributed by atoms with Crippen LogP contribution in [0.25, 0.3) is 4.96 Å². The summed E-state index contributed by atoms with van der Waals surface area (Å²) in [7, 11) is 0. The summed E-state index contributed by atoms with van der Waals surface area (Å²) in [6.45, 7) is 6.62. The number of ketones is 1. The summed E-state index contributed by atoms with van der Waals surface area (Å²) in [6, 6.07) is 0. The van der Waals surface area contributed by atoms with Crippen molar-refractivity contribution in [1.29, 1.82) is 0 Å². The number of Topliss-reactive ketones (excluding diaryl/α,β-unsaturated/α-hetero) is 1. The van der Waals surface area contributed by atoms with Gasteiger partial charge in [-0.05, 0) is 18.3 Å². The minimum absolute atomic E-state index is 0.0270. The third kappa shape index (κ3) is 6.63. The van der Waals surface area contributed by atoms with E-state index in [1.165, 1.54) is 94.8 Å². The van der Waals surface area contributed by atoms with Crippen LogP contribution in [-0.4, -0.2) is 20.4 Å². The van der Waals surface area contributed by atoms with Crippen molar-refractivity contribution in [2.75, 3.05) is 0 Å². The molecule has 0 atom stereocenters. The third-order valence-electron chi connectivity index (χ3n) is 6.37. The number of hydrogen-bond donors (Lipinski definition) is 0. The lowest BCUT2D eigenvalue weighted by Crippen LogP contribution is -2.27. The summed E-state index contributed by atoms with van der Waals surface area (Å²) >= 11 is 1.53. The van der Waals surface area contributed by atoms with Crippen molar-refractivity contribution in [2.45, 2.75) is 124 Å². The Labute approximate surface area is 186 Å². The topological polar surface area (TPSA) is 47.3 Å². The molecule has 168 valence electrons. The molecule has 0 amide bonds. The van der Waals surface area contributed by atoms with E-state index in [1.54, 1.807) is 0 Å². The zero-order chi connectivity index (χ0) is 21.4. The van der Waals surface area contributed by atoms with Gasteiger partial charge < -0.3 is 0 Å². The quantitative estimate of drug-likeness (QED) is 0.290. The second kappa shape index (κ2) is 11.4. The van der Waals surface area contributed by atoms with Crippen LogP contribution in [0.15, 0.2) is 0 Å². The van der Waals surface area contributed by atoms with Gasteiger partial charge in [0.25, 0.3) is 0 Å². The maximum absolute atomic E-state index is 12.4. The number of unbranched alkanes of at least 4 members (excludes halogenated alkanes) is 12. The molecule has 0 fully saturated rings. The van der Waals surface area contributed by atoms with Crippen LogP contribution in [0.3, 0.4) is 0 Å². The first-order valence-corrected chi connectivity index (χ1v) is 13.2. The van der Waals surface area contributed by atoms with E-state index in [1.807, 2.05) is 4.52 Å². The molecule has 2 heterocycles. The molecule has 5 heteroatoms. The maximum atomic E-state index is 12.4. The number of hydrogen-bond acceptors (Lipinski definition) is 4. The van der Waals surface area contributed by atoms with Crippen LogP contribution in [0.1, 0.15) is 132 Å². The predicted molar refractivity (Wildman–Crippen MR) is 127 cm³/mol. The van der Waals surface area contributed by atoms with E-state index in [9.17, 15) is 4.79 Å². The Bertz CT molecular complexity index is 805. The Morgan fingerprint density at radius 1 is 0.867 bits per heavy atom. The average Bonchev–Trinajstić information content (AvgIpc) is 3.23. The van der Waals surface area contributed by atoms with Gasteiger partial charge in [0.1, 0.15) is 0 Å². The van der Waals surface area contributed by atoms with Gasteiger partial charge in [0, 0.05) is 12.8 Å². The van der Waals surface area contributed by atoms with E-state index in [4.69, 9.17) is 10.1 Å². The molecule has 2 aromatic rings. The van der Waals surface area contributed by atoms with Crippen molar-refractivity contribution < 1.29 is 4.79 Å². The van der Waals surface area contributed by atoms with E-state index >= 15 is 0 Å². The minimum Gasteiger partial charge on any atom is -0.293 e. The van der Waals surface area contributed by atoms with Gasteiger partial charge >= 0.3 is 0 Å². The molecule has 2 aromatic heterocycles. The van der Waals surface area contributed by atoms with E-state index in [2.05, 4.69) is 20.8 Å². The van der Waals surface area contributed by atoms with Crippen molar-refractivity contribution in [2.24, 2.45) is 5.41 Å². The fraction of sp³-hybridized carbons (Fsp3) is 0.800. The van der Waals surface area contributed by atoms with Gasteiger partial charge in [-0.2, -0.15) is 5.10 Å². The Balaban J connectivity index is 1.29. The highest BCUT2D eigenvalue weighted by atomic mass is 32.1. The number of rotatable bonds is 14. The van der Waals surface area contributed by atoms with Crippen molar-refractivity contribution in [1.82, 2.24) is 14.6 Å². The SMILES string of the molecule is CCCCCCCCCCCCCCCc1nc2sc3c(n2n1)CC(C)(C)CC3=O. The van der Waals surface area contributed by atoms with Crippen LogP contribution >= 0.6 is 11.3 Å². The van der Waals surface area contributed by atoms with Gasteiger partial charge in [-0.1, -0.05) is 109 Å². The van der Waals surface area contributed by atoms with Gasteiger partial charge in [0.05, 0.1) is 10.6 Å². The van der Waals surface area contributed by atoms with E-state index < -0.39 is 0 Å². The lowest BCUT2D eigenvalue weighted by molar-refractivity contribution is 0.0915. The van der Waals surface area contributed by atoms with Crippen molar-refractivity contribution in [3.8, 4) is 0 Å². The number of carbonyl (C=O) groups is 1. The molecule has 0 spiro atoms. The molecule has 30 heavy (non-hydrogen) atoms. The number of thiazole rings is 1. The molecule has 4 nitrogen and oxygen atoms in total. The molecule has 0 saturated heterocycles. The van der Waals surface area contributed by atoms with Gasteiger partial charge in [-0.3, -0.25) is 4.79 Å². The summed E-state index contributed by atoms with van der Waals surface area (Å²) in [6.07, 6.45) is 20.3. The molecule has 0 N–H and O–H groups in total. The highest BCUT2D eigenvalue weighted by molar-refractivity contribution is 7.19. The second-order valence-corrected chi connectivity index (χ2v) is 11.0. The smallest absolute Gasteiger partial charge is 0.213 e. The monoisotopic (exact) mass is 431 g/mol. The molecule has 0 saturated carbocycles. The molecule has 1 aliphatic carbocycles. The van der Waals surface area contributed by atoms with Crippen LogP contribution in [0.2, 0.25) is 0 Å². The Kier molecular flexibility index (Phi) is 8.91. The van der Waals surface area contributed by atoms with Gasteiger partial charge in [0.15, 0.2) is 11.6 Å². The molecule has 0 unspecified atom stereocenters. The van der Waals surface area contributed by atoms with Crippen molar-refractivity contribution in [3.63, 3.8) is 0 Å². The predicted octanol–water partition coefficient (Wildman–Crippen LogP) is 7.58. The Morgan fingerprint density at radius 3 is 2.03 bits per heavy atom. The lowest BCUT2D eigenvalue weighted by atomic mass is 9.78. The van der Waals surface area contributed by atoms with Crippen molar-refractivity contribution in [3.05, 3.63) is 16.4 Å². The Hall–Kier alpha value is -1.23. The van der Waals surface area contributed by atoms with Crippen LogP contribution in [0.5, 0.6) is 0 Å². The summed E-state index contributed by atoms with van der Waals surface area (Å²) in [5.41, 5.74) is 1.11. The highest BCUT2D eigenvalue weighted by Gasteiger charge is 2.35. The highest BCUT2D eigenvalue weighted by Crippen LogP contribution is 2.38. The van der Waals surface area contributed by atoms with Crippen LogP contribution < -0.4 is 0 Å². The first-order valence-electron chi connectivity index (χ1n) is 12.4. The first-order chi connectivity index (χ1) is 14.5. The molecule has 1 aliphatic rings. The van der Waals surface area contributed by atoms with E-state index in [-0.39, 0.29) is 11.2 Å².